The SMILES string of the molecule is CCCCCCNC/C=C/c1cccc(/C(=C/CN2CCCC2)c2ccc(C)cc2)n1. The molecule has 0 aliphatic carbocycles. The van der Waals surface area contributed by atoms with Gasteiger partial charge in [0, 0.05) is 18.7 Å². The van der Waals surface area contributed by atoms with Gasteiger partial charge in [-0.05, 0) is 69.6 Å². The molecule has 3 nitrogen and oxygen atoms in total. The number of unbranched alkanes of at least 4 members (excludes halogenated alkanes) is 3. The van der Waals surface area contributed by atoms with Crippen molar-refractivity contribution in [2.75, 3.05) is 32.7 Å². The van der Waals surface area contributed by atoms with Gasteiger partial charge in [0.2, 0.25) is 0 Å². The molecule has 0 amide bonds. The molecule has 0 atom stereocenters. The lowest BCUT2D eigenvalue weighted by Gasteiger charge is -2.14. The molecule has 1 saturated heterocycles. The topological polar surface area (TPSA) is 28.2 Å². The maximum Gasteiger partial charge on any atom is 0.0712 e. The Labute approximate surface area is 189 Å². The van der Waals surface area contributed by atoms with E-state index in [1.165, 1.54) is 68.3 Å². The normalized spacial score (nSPS) is 15.2. The number of aromatic nitrogens is 1. The van der Waals surface area contributed by atoms with Crippen LogP contribution in [0.4, 0.5) is 0 Å². The van der Waals surface area contributed by atoms with Gasteiger partial charge in [-0.2, -0.15) is 0 Å². The zero-order valence-electron chi connectivity index (χ0n) is 19.4. The lowest BCUT2D eigenvalue weighted by molar-refractivity contribution is 0.377. The van der Waals surface area contributed by atoms with Gasteiger partial charge in [-0.15, -0.1) is 0 Å². The van der Waals surface area contributed by atoms with Crippen LogP contribution in [0, 0.1) is 6.92 Å². The van der Waals surface area contributed by atoms with Crippen LogP contribution in [0.1, 0.15) is 68.0 Å². The molecule has 31 heavy (non-hydrogen) atoms. The van der Waals surface area contributed by atoms with Crippen molar-refractivity contribution in [1.82, 2.24) is 15.2 Å². The Balaban J connectivity index is 1.67. The van der Waals surface area contributed by atoms with Gasteiger partial charge in [0.15, 0.2) is 0 Å². The second kappa shape index (κ2) is 13.2. The second-order valence-corrected chi connectivity index (χ2v) is 8.61. The fourth-order valence-corrected chi connectivity index (χ4v) is 4.03. The summed E-state index contributed by atoms with van der Waals surface area (Å²) >= 11 is 0. The number of aryl methyl sites for hydroxylation is 1. The zero-order valence-corrected chi connectivity index (χ0v) is 19.4. The largest absolute Gasteiger partial charge is 0.313 e. The average Bonchev–Trinajstić information content (AvgIpc) is 3.31. The molecule has 1 fully saturated rings. The van der Waals surface area contributed by atoms with Crippen molar-refractivity contribution < 1.29 is 0 Å². The molecule has 0 saturated carbocycles. The molecule has 3 rings (SSSR count). The molecule has 1 N–H and O–H groups in total. The molecule has 0 unspecified atom stereocenters. The van der Waals surface area contributed by atoms with Crippen LogP contribution in [0.3, 0.4) is 0 Å². The van der Waals surface area contributed by atoms with Crippen LogP contribution in [0.2, 0.25) is 0 Å². The summed E-state index contributed by atoms with van der Waals surface area (Å²) in [7, 11) is 0. The number of pyridine rings is 1. The number of nitrogens with zero attached hydrogens (tertiary/aromatic N) is 2. The van der Waals surface area contributed by atoms with E-state index in [0.717, 1.165) is 31.0 Å². The van der Waals surface area contributed by atoms with Gasteiger partial charge in [0.25, 0.3) is 0 Å². The summed E-state index contributed by atoms with van der Waals surface area (Å²) in [5, 5.41) is 3.50. The third kappa shape index (κ3) is 8.08. The van der Waals surface area contributed by atoms with Crippen molar-refractivity contribution in [2.45, 2.75) is 52.4 Å². The molecule has 3 heteroatoms. The Morgan fingerprint density at radius 1 is 1.03 bits per heavy atom. The van der Waals surface area contributed by atoms with Gasteiger partial charge in [0.05, 0.1) is 11.4 Å². The molecule has 1 aromatic heterocycles. The third-order valence-electron chi connectivity index (χ3n) is 5.92. The molecular weight excluding hydrogens is 378 g/mol. The first-order valence-corrected chi connectivity index (χ1v) is 12.1. The highest BCUT2D eigenvalue weighted by atomic mass is 15.1. The first kappa shape index (κ1) is 23.4. The Kier molecular flexibility index (Phi) is 10.0. The summed E-state index contributed by atoms with van der Waals surface area (Å²) in [4.78, 5) is 7.51. The molecule has 0 radical (unpaired) electrons. The van der Waals surface area contributed by atoms with Crippen molar-refractivity contribution in [2.24, 2.45) is 0 Å². The predicted octanol–water partition coefficient (Wildman–Crippen LogP) is 6.10. The van der Waals surface area contributed by atoms with Crippen molar-refractivity contribution in [1.29, 1.82) is 0 Å². The maximum atomic E-state index is 4.97. The van der Waals surface area contributed by atoms with E-state index < -0.39 is 0 Å². The molecular formula is C28H39N3. The fourth-order valence-electron chi connectivity index (χ4n) is 4.03. The summed E-state index contributed by atoms with van der Waals surface area (Å²) in [6.07, 6.45) is 14.5. The third-order valence-corrected chi connectivity index (χ3v) is 5.92. The molecule has 166 valence electrons. The van der Waals surface area contributed by atoms with Crippen LogP contribution in [-0.4, -0.2) is 42.6 Å². The van der Waals surface area contributed by atoms with Gasteiger partial charge in [-0.25, -0.2) is 4.98 Å². The predicted molar refractivity (Wildman–Crippen MR) is 134 cm³/mol. The van der Waals surface area contributed by atoms with E-state index in [2.05, 4.69) is 84.8 Å². The van der Waals surface area contributed by atoms with Crippen LogP contribution in [0.15, 0.2) is 54.6 Å². The van der Waals surface area contributed by atoms with Gasteiger partial charge in [-0.1, -0.05) is 74.2 Å². The minimum absolute atomic E-state index is 0.896. The highest BCUT2D eigenvalue weighted by molar-refractivity contribution is 5.78. The number of hydrogen-bond acceptors (Lipinski definition) is 3. The van der Waals surface area contributed by atoms with Crippen LogP contribution in [0.25, 0.3) is 11.6 Å². The van der Waals surface area contributed by atoms with E-state index in [9.17, 15) is 0 Å². The monoisotopic (exact) mass is 417 g/mol. The lowest BCUT2D eigenvalue weighted by Crippen LogP contribution is -2.19. The van der Waals surface area contributed by atoms with Crippen molar-refractivity contribution in [3.63, 3.8) is 0 Å². The fraction of sp³-hybridized carbons (Fsp3) is 0.464. The van der Waals surface area contributed by atoms with E-state index in [1.807, 2.05) is 0 Å². The smallest absolute Gasteiger partial charge is 0.0712 e. The van der Waals surface area contributed by atoms with Crippen LogP contribution in [0.5, 0.6) is 0 Å². The summed E-state index contributed by atoms with van der Waals surface area (Å²) in [5.74, 6) is 0. The summed E-state index contributed by atoms with van der Waals surface area (Å²) in [5.41, 5.74) is 5.83. The number of likely N-dealkylation sites (tertiary alicyclic amines) is 1. The van der Waals surface area contributed by atoms with E-state index in [1.54, 1.807) is 0 Å². The minimum Gasteiger partial charge on any atom is -0.313 e. The van der Waals surface area contributed by atoms with Crippen LogP contribution < -0.4 is 5.32 Å². The van der Waals surface area contributed by atoms with E-state index >= 15 is 0 Å². The first-order chi connectivity index (χ1) is 15.3. The Hall–Kier alpha value is -2.23. The summed E-state index contributed by atoms with van der Waals surface area (Å²) in [6, 6.07) is 15.2. The van der Waals surface area contributed by atoms with E-state index in [4.69, 9.17) is 4.98 Å². The highest BCUT2D eigenvalue weighted by Gasteiger charge is 2.12. The minimum atomic E-state index is 0.896. The molecule has 2 aromatic rings. The van der Waals surface area contributed by atoms with Crippen LogP contribution in [-0.2, 0) is 0 Å². The molecule has 0 spiro atoms. The second-order valence-electron chi connectivity index (χ2n) is 8.61. The maximum absolute atomic E-state index is 4.97. The lowest BCUT2D eigenvalue weighted by atomic mass is 10.00. The summed E-state index contributed by atoms with van der Waals surface area (Å²) in [6.45, 7) is 9.79. The zero-order chi connectivity index (χ0) is 21.7. The van der Waals surface area contributed by atoms with Crippen molar-refractivity contribution in [3.05, 3.63) is 77.1 Å². The van der Waals surface area contributed by atoms with E-state index in [0.29, 0.717) is 0 Å². The molecule has 0 bridgehead atoms. The standard InChI is InChI=1S/C28H39N3/c1-3-4-5-6-19-29-20-10-12-26-11-9-13-28(30-26)27(18-23-31-21-7-8-22-31)25-16-14-24(2)15-17-25/h9-18,29H,3-8,19-23H2,1-2H3/b12-10+,27-18+. The molecule has 1 aromatic carbocycles. The molecule has 1 aliphatic heterocycles. The summed E-state index contributed by atoms with van der Waals surface area (Å²) < 4.78 is 0. The quantitative estimate of drug-likeness (QED) is 0.423. The Bertz CT molecular complexity index is 830. The van der Waals surface area contributed by atoms with Crippen LogP contribution >= 0.6 is 0 Å². The van der Waals surface area contributed by atoms with Gasteiger partial charge >= 0.3 is 0 Å². The molecule has 1 aliphatic rings. The van der Waals surface area contributed by atoms with Gasteiger partial charge in [-0.3, -0.25) is 4.90 Å². The number of rotatable bonds is 12. The number of nitrogens with one attached hydrogen (secondary N) is 1. The van der Waals surface area contributed by atoms with Crippen molar-refractivity contribution in [3.8, 4) is 0 Å². The molecule has 2 heterocycles. The Morgan fingerprint density at radius 2 is 1.84 bits per heavy atom. The van der Waals surface area contributed by atoms with Gasteiger partial charge < -0.3 is 5.32 Å². The van der Waals surface area contributed by atoms with Gasteiger partial charge in [0.1, 0.15) is 0 Å². The average molecular weight is 418 g/mol. The number of benzene rings is 1. The number of hydrogen-bond donors (Lipinski definition) is 1. The highest BCUT2D eigenvalue weighted by Crippen LogP contribution is 2.23. The Morgan fingerprint density at radius 3 is 2.61 bits per heavy atom. The first-order valence-electron chi connectivity index (χ1n) is 12.1. The van der Waals surface area contributed by atoms with Crippen molar-refractivity contribution >= 4 is 11.6 Å². The van der Waals surface area contributed by atoms with E-state index in [-0.39, 0.29) is 0 Å².